The van der Waals surface area contributed by atoms with Gasteiger partial charge in [0.15, 0.2) is 0 Å². The third kappa shape index (κ3) is 4.79. The molecule has 1 aliphatic rings. The Morgan fingerprint density at radius 3 is 2.17 bits per heavy atom. The summed E-state index contributed by atoms with van der Waals surface area (Å²) in [6, 6.07) is 15.8. The van der Waals surface area contributed by atoms with E-state index in [4.69, 9.17) is 9.84 Å². The highest BCUT2D eigenvalue weighted by molar-refractivity contribution is 5.82. The van der Waals surface area contributed by atoms with Crippen molar-refractivity contribution in [3.05, 3.63) is 59.7 Å². The molecule has 1 aliphatic carbocycles. The number of carboxylic acids is 1. The lowest BCUT2D eigenvalue weighted by atomic mass is 9.98. The van der Waals surface area contributed by atoms with Crippen LogP contribution in [-0.4, -0.2) is 54.2 Å². The highest BCUT2D eigenvalue weighted by atomic mass is 16.5. The number of alkyl carbamates (subject to hydrolysis) is 1. The van der Waals surface area contributed by atoms with Gasteiger partial charge >= 0.3 is 12.1 Å². The third-order valence-electron chi connectivity index (χ3n) is 5.38. The molecule has 0 fully saturated rings. The predicted molar refractivity (Wildman–Crippen MR) is 112 cm³/mol. The summed E-state index contributed by atoms with van der Waals surface area (Å²) in [7, 11) is 1.43. The zero-order valence-electron chi connectivity index (χ0n) is 17.1. The van der Waals surface area contributed by atoms with E-state index in [9.17, 15) is 14.4 Å². The number of hydrogen-bond donors (Lipinski definition) is 2. The van der Waals surface area contributed by atoms with Crippen molar-refractivity contribution in [2.24, 2.45) is 0 Å². The Kier molecular flexibility index (Phi) is 6.72. The maximum Gasteiger partial charge on any atom is 0.407 e. The molecule has 0 bridgehead atoms. The Hall–Kier alpha value is -3.35. The van der Waals surface area contributed by atoms with Gasteiger partial charge in [0.1, 0.15) is 13.2 Å². The van der Waals surface area contributed by atoms with E-state index < -0.39 is 18.1 Å². The summed E-state index contributed by atoms with van der Waals surface area (Å²) in [5, 5.41) is 11.5. The molecular formula is C23H26N2O5. The van der Waals surface area contributed by atoms with E-state index in [1.54, 1.807) is 0 Å². The minimum absolute atomic E-state index is 0.0183. The fourth-order valence-corrected chi connectivity index (χ4v) is 3.76. The molecule has 0 saturated carbocycles. The van der Waals surface area contributed by atoms with Crippen LogP contribution in [0.5, 0.6) is 0 Å². The second-order valence-electron chi connectivity index (χ2n) is 7.42. The largest absolute Gasteiger partial charge is 0.480 e. The number of carboxylic acid groups (broad SMARTS) is 1. The van der Waals surface area contributed by atoms with Crippen molar-refractivity contribution in [3.8, 4) is 11.1 Å². The fraction of sp³-hybridized carbons (Fsp3) is 0.348. The molecule has 2 amide bonds. The van der Waals surface area contributed by atoms with Crippen molar-refractivity contribution >= 4 is 18.0 Å². The van der Waals surface area contributed by atoms with E-state index in [2.05, 4.69) is 17.4 Å². The number of rotatable bonds is 8. The zero-order chi connectivity index (χ0) is 21.7. The lowest BCUT2D eigenvalue weighted by Crippen LogP contribution is -2.41. The molecule has 0 aromatic heterocycles. The minimum Gasteiger partial charge on any atom is -0.480 e. The van der Waals surface area contributed by atoms with E-state index >= 15 is 0 Å². The molecule has 0 heterocycles. The van der Waals surface area contributed by atoms with Crippen LogP contribution in [0.3, 0.4) is 0 Å². The van der Waals surface area contributed by atoms with Crippen molar-refractivity contribution in [3.63, 3.8) is 0 Å². The van der Waals surface area contributed by atoms with Gasteiger partial charge in [-0.3, -0.25) is 9.59 Å². The molecule has 3 rings (SSSR count). The van der Waals surface area contributed by atoms with E-state index in [0.717, 1.165) is 27.2 Å². The topological polar surface area (TPSA) is 95.9 Å². The van der Waals surface area contributed by atoms with Crippen LogP contribution in [0.15, 0.2) is 48.5 Å². The van der Waals surface area contributed by atoms with Crippen LogP contribution in [0.25, 0.3) is 11.1 Å². The molecule has 1 unspecified atom stereocenters. The van der Waals surface area contributed by atoms with E-state index in [0.29, 0.717) is 6.42 Å². The minimum atomic E-state index is -1.08. The molecule has 0 spiro atoms. The molecular weight excluding hydrogens is 384 g/mol. The second kappa shape index (κ2) is 9.43. The van der Waals surface area contributed by atoms with Gasteiger partial charge in [-0.25, -0.2) is 4.79 Å². The number of carbonyl (C=O) groups excluding carboxylic acids is 2. The molecule has 0 aliphatic heterocycles. The van der Waals surface area contributed by atoms with Crippen molar-refractivity contribution in [2.45, 2.75) is 31.7 Å². The van der Waals surface area contributed by atoms with Crippen molar-refractivity contribution in [1.29, 1.82) is 0 Å². The highest BCUT2D eigenvalue weighted by Crippen LogP contribution is 2.44. The van der Waals surface area contributed by atoms with Gasteiger partial charge in [0.2, 0.25) is 5.91 Å². The van der Waals surface area contributed by atoms with Crippen molar-refractivity contribution in [2.75, 3.05) is 20.2 Å². The van der Waals surface area contributed by atoms with Crippen LogP contribution in [0.2, 0.25) is 0 Å². The standard InChI is InChI=1S/C23H26N2O5/c1-3-15(12-21(26)25(2)13-22(27)28)24-23(29)30-14-20-18-10-6-4-8-16(18)17-9-5-7-11-19(17)20/h4-11,15,20H,3,12-14H2,1-2H3,(H,24,29)(H,27,28). The van der Waals surface area contributed by atoms with Gasteiger partial charge in [-0.2, -0.15) is 0 Å². The number of fused-ring (bicyclic) bond motifs is 3. The Balaban J connectivity index is 1.59. The van der Waals surface area contributed by atoms with E-state index in [1.807, 2.05) is 43.3 Å². The summed E-state index contributed by atoms with van der Waals surface area (Å²) in [6.07, 6.45) is -0.0428. The molecule has 7 nitrogen and oxygen atoms in total. The van der Waals surface area contributed by atoms with E-state index in [-0.39, 0.29) is 31.4 Å². The van der Waals surface area contributed by atoms with Gasteiger partial charge in [-0.1, -0.05) is 55.5 Å². The number of carbonyl (C=O) groups is 3. The first-order chi connectivity index (χ1) is 14.4. The molecule has 1 atom stereocenters. The first-order valence-electron chi connectivity index (χ1n) is 9.98. The SMILES string of the molecule is CCC(CC(=O)N(C)CC(=O)O)NC(=O)OCC1c2ccccc2-c2ccccc21. The summed E-state index contributed by atoms with van der Waals surface area (Å²) in [6.45, 7) is 1.67. The molecule has 30 heavy (non-hydrogen) atoms. The smallest absolute Gasteiger partial charge is 0.407 e. The number of ether oxygens (including phenoxy) is 1. The predicted octanol–water partition coefficient (Wildman–Crippen LogP) is 3.24. The van der Waals surface area contributed by atoms with Gasteiger partial charge in [0.25, 0.3) is 0 Å². The Labute approximate surface area is 175 Å². The summed E-state index contributed by atoms with van der Waals surface area (Å²) < 4.78 is 5.51. The molecule has 158 valence electrons. The zero-order valence-corrected chi connectivity index (χ0v) is 17.1. The maximum absolute atomic E-state index is 12.4. The number of nitrogens with zero attached hydrogens (tertiary/aromatic N) is 1. The Morgan fingerprint density at radius 2 is 1.63 bits per heavy atom. The normalized spacial score (nSPS) is 13.1. The summed E-state index contributed by atoms with van der Waals surface area (Å²) in [5.41, 5.74) is 4.56. The van der Waals surface area contributed by atoms with Crippen molar-refractivity contribution < 1.29 is 24.2 Å². The van der Waals surface area contributed by atoms with Gasteiger partial charge in [-0.05, 0) is 28.7 Å². The van der Waals surface area contributed by atoms with Crippen LogP contribution in [-0.2, 0) is 14.3 Å². The first kappa shape index (κ1) is 21.4. The summed E-state index contributed by atoms with van der Waals surface area (Å²) in [4.78, 5) is 36.4. The monoisotopic (exact) mass is 410 g/mol. The van der Waals surface area contributed by atoms with Gasteiger partial charge in [0.05, 0.1) is 0 Å². The van der Waals surface area contributed by atoms with Crippen LogP contribution in [0.1, 0.15) is 36.8 Å². The van der Waals surface area contributed by atoms with Crippen LogP contribution >= 0.6 is 0 Å². The molecule has 2 N–H and O–H groups in total. The third-order valence-corrected chi connectivity index (χ3v) is 5.38. The van der Waals surface area contributed by atoms with Gasteiger partial charge < -0.3 is 20.1 Å². The summed E-state index contributed by atoms with van der Waals surface area (Å²) in [5.74, 6) is -1.46. The lowest BCUT2D eigenvalue weighted by molar-refractivity contribution is -0.143. The number of nitrogens with one attached hydrogen (secondary N) is 1. The fourth-order valence-electron chi connectivity index (χ4n) is 3.76. The number of amides is 2. The number of aliphatic carboxylic acids is 1. The summed E-state index contributed by atoms with van der Waals surface area (Å²) >= 11 is 0. The quantitative estimate of drug-likeness (QED) is 0.697. The average Bonchev–Trinajstić information content (AvgIpc) is 3.05. The molecule has 2 aromatic carbocycles. The van der Waals surface area contributed by atoms with Crippen LogP contribution < -0.4 is 5.32 Å². The molecule has 7 heteroatoms. The number of benzene rings is 2. The average molecular weight is 410 g/mol. The molecule has 0 saturated heterocycles. The number of likely N-dealkylation sites (N-methyl/N-ethyl adjacent to an activating group) is 1. The van der Waals surface area contributed by atoms with E-state index in [1.165, 1.54) is 7.05 Å². The van der Waals surface area contributed by atoms with Gasteiger partial charge in [-0.15, -0.1) is 0 Å². The highest BCUT2D eigenvalue weighted by Gasteiger charge is 2.29. The first-order valence-corrected chi connectivity index (χ1v) is 9.98. The van der Waals surface area contributed by atoms with Crippen molar-refractivity contribution in [1.82, 2.24) is 10.2 Å². The van der Waals surface area contributed by atoms with Crippen LogP contribution in [0.4, 0.5) is 4.79 Å². The Bertz CT molecular complexity index is 897. The molecule has 0 radical (unpaired) electrons. The van der Waals surface area contributed by atoms with Gasteiger partial charge in [0, 0.05) is 25.4 Å². The molecule has 2 aromatic rings. The van der Waals surface area contributed by atoms with Crippen LogP contribution in [0, 0.1) is 0 Å². The lowest BCUT2D eigenvalue weighted by Gasteiger charge is -2.21. The number of hydrogen-bond acceptors (Lipinski definition) is 4. The second-order valence-corrected chi connectivity index (χ2v) is 7.42. The Morgan fingerprint density at radius 1 is 1.07 bits per heavy atom. The maximum atomic E-state index is 12.4.